The van der Waals surface area contributed by atoms with E-state index in [1.54, 1.807) is 25.2 Å². The summed E-state index contributed by atoms with van der Waals surface area (Å²) in [5, 5.41) is 0.879. The highest BCUT2D eigenvalue weighted by atomic mass is 35.5. The Morgan fingerprint density at radius 1 is 1.25 bits per heavy atom. The summed E-state index contributed by atoms with van der Waals surface area (Å²) in [5.41, 5.74) is 0.672. The second kappa shape index (κ2) is 4.49. The summed E-state index contributed by atoms with van der Waals surface area (Å²) in [6, 6.07) is 4.91. The Kier molecular flexibility index (Phi) is 3.23. The van der Waals surface area contributed by atoms with Gasteiger partial charge < -0.3 is 9.64 Å². The van der Waals surface area contributed by atoms with Crippen LogP contribution in [-0.4, -0.2) is 31.4 Å². The van der Waals surface area contributed by atoms with Crippen molar-refractivity contribution in [2.24, 2.45) is 0 Å². The quantitative estimate of drug-likeness (QED) is 0.778. The van der Waals surface area contributed by atoms with E-state index in [4.69, 9.17) is 27.9 Å². The van der Waals surface area contributed by atoms with E-state index < -0.39 is 0 Å². The van der Waals surface area contributed by atoms with Crippen molar-refractivity contribution in [3.05, 3.63) is 28.2 Å². The first-order valence-electron chi connectivity index (χ1n) is 4.65. The van der Waals surface area contributed by atoms with Crippen LogP contribution in [0.4, 0.5) is 10.5 Å². The maximum Gasteiger partial charge on any atom is 0.327 e. The van der Waals surface area contributed by atoms with Crippen molar-refractivity contribution < 1.29 is 9.53 Å². The third kappa shape index (κ3) is 2.09. The number of nitrogens with zero attached hydrogens (tertiary/aromatic N) is 2. The number of halogens is 2. The Morgan fingerprint density at radius 3 is 2.69 bits per heavy atom. The van der Waals surface area contributed by atoms with Crippen molar-refractivity contribution in [3.63, 3.8) is 0 Å². The molecule has 1 aliphatic heterocycles. The van der Waals surface area contributed by atoms with Crippen molar-refractivity contribution in [3.8, 4) is 0 Å². The number of carbonyl (C=O) groups is 1. The van der Waals surface area contributed by atoms with E-state index in [-0.39, 0.29) is 12.8 Å². The largest absolute Gasteiger partial charge is 0.340 e. The van der Waals surface area contributed by atoms with Gasteiger partial charge in [-0.05, 0) is 18.2 Å². The highest BCUT2D eigenvalue weighted by molar-refractivity contribution is 6.42. The van der Waals surface area contributed by atoms with Crippen molar-refractivity contribution in [1.29, 1.82) is 0 Å². The molecule has 0 atom stereocenters. The van der Waals surface area contributed by atoms with Gasteiger partial charge in [0.1, 0.15) is 13.5 Å². The van der Waals surface area contributed by atoms with Gasteiger partial charge in [0.15, 0.2) is 0 Å². The Morgan fingerprint density at radius 2 is 2.00 bits per heavy atom. The normalized spacial score (nSPS) is 16.8. The number of anilines is 1. The molecule has 1 aromatic rings. The molecule has 0 bridgehead atoms. The van der Waals surface area contributed by atoms with E-state index in [9.17, 15) is 4.79 Å². The minimum absolute atomic E-state index is 0.121. The van der Waals surface area contributed by atoms with E-state index >= 15 is 0 Å². The van der Waals surface area contributed by atoms with E-state index in [2.05, 4.69) is 0 Å². The molecule has 16 heavy (non-hydrogen) atoms. The first-order valence-corrected chi connectivity index (χ1v) is 5.40. The summed E-state index contributed by atoms with van der Waals surface area (Å²) in [6.45, 7) is 0.526. The number of rotatable bonds is 1. The van der Waals surface area contributed by atoms with Crippen LogP contribution in [0, 0.1) is 0 Å². The second-order valence-corrected chi connectivity index (χ2v) is 4.28. The first-order chi connectivity index (χ1) is 7.59. The molecular formula is C10H10Cl2N2O2. The second-order valence-electron chi connectivity index (χ2n) is 3.47. The van der Waals surface area contributed by atoms with Crippen LogP contribution in [0.15, 0.2) is 18.2 Å². The van der Waals surface area contributed by atoms with Crippen LogP contribution in [-0.2, 0) is 4.74 Å². The smallest absolute Gasteiger partial charge is 0.327 e. The molecule has 0 unspecified atom stereocenters. The van der Waals surface area contributed by atoms with Crippen LogP contribution in [0.2, 0.25) is 10.0 Å². The topological polar surface area (TPSA) is 32.8 Å². The minimum Gasteiger partial charge on any atom is -0.340 e. The maximum atomic E-state index is 11.8. The summed E-state index contributed by atoms with van der Waals surface area (Å²) in [5.74, 6) is 0. The zero-order chi connectivity index (χ0) is 11.7. The van der Waals surface area contributed by atoms with Crippen molar-refractivity contribution >= 4 is 34.9 Å². The molecule has 2 rings (SSSR count). The molecule has 0 spiro atoms. The standard InChI is InChI=1S/C10H10Cl2N2O2/c1-13-5-16-6-14(10(13)15)7-2-3-8(11)9(12)4-7/h2-4H,5-6H2,1H3. The van der Waals surface area contributed by atoms with Crippen LogP contribution in [0.25, 0.3) is 0 Å². The summed E-state index contributed by atoms with van der Waals surface area (Å²) >= 11 is 11.7. The molecule has 0 N–H and O–H groups in total. The van der Waals surface area contributed by atoms with Gasteiger partial charge >= 0.3 is 6.03 Å². The number of hydrogen-bond donors (Lipinski definition) is 0. The van der Waals surface area contributed by atoms with Crippen LogP contribution >= 0.6 is 23.2 Å². The first kappa shape index (κ1) is 11.5. The minimum atomic E-state index is -0.121. The molecule has 0 saturated carbocycles. The predicted molar refractivity (Wildman–Crippen MR) is 62.9 cm³/mol. The predicted octanol–water partition coefficient (Wildman–Crippen LogP) is 2.80. The zero-order valence-electron chi connectivity index (χ0n) is 8.61. The Hall–Kier alpha value is -0.970. The number of amides is 2. The van der Waals surface area contributed by atoms with Gasteiger partial charge in [-0.25, -0.2) is 4.79 Å². The molecule has 0 aromatic heterocycles. The lowest BCUT2D eigenvalue weighted by molar-refractivity contribution is 0.0362. The molecule has 6 heteroatoms. The van der Waals surface area contributed by atoms with Gasteiger partial charge in [-0.2, -0.15) is 0 Å². The maximum absolute atomic E-state index is 11.8. The molecule has 0 aliphatic carbocycles. The fourth-order valence-electron chi connectivity index (χ4n) is 1.42. The zero-order valence-corrected chi connectivity index (χ0v) is 10.1. The SMILES string of the molecule is CN1COCN(c2ccc(Cl)c(Cl)c2)C1=O. The van der Waals surface area contributed by atoms with Crippen LogP contribution < -0.4 is 4.90 Å². The van der Waals surface area contributed by atoms with Crippen LogP contribution in [0.1, 0.15) is 0 Å². The van der Waals surface area contributed by atoms with Gasteiger partial charge in [0.25, 0.3) is 0 Å². The number of benzene rings is 1. The summed E-state index contributed by atoms with van der Waals surface area (Å²) < 4.78 is 5.24. The van der Waals surface area contributed by atoms with Crippen molar-refractivity contribution in [1.82, 2.24) is 4.90 Å². The molecule has 2 amide bonds. The lowest BCUT2D eigenvalue weighted by Gasteiger charge is -2.33. The Labute approximate surface area is 103 Å². The molecule has 1 saturated heterocycles. The van der Waals surface area contributed by atoms with Crippen LogP contribution in [0.3, 0.4) is 0 Å². The van der Waals surface area contributed by atoms with Gasteiger partial charge in [-0.15, -0.1) is 0 Å². The highest BCUT2D eigenvalue weighted by Gasteiger charge is 2.24. The molecule has 0 radical (unpaired) electrons. The Balaban J connectivity index is 2.29. The van der Waals surface area contributed by atoms with E-state index in [1.165, 1.54) is 9.80 Å². The highest BCUT2D eigenvalue weighted by Crippen LogP contribution is 2.28. The summed E-state index contributed by atoms with van der Waals surface area (Å²) in [6.07, 6.45) is 0. The number of urea groups is 1. The van der Waals surface area contributed by atoms with Crippen molar-refractivity contribution in [2.45, 2.75) is 0 Å². The lowest BCUT2D eigenvalue weighted by atomic mass is 10.3. The summed E-state index contributed by atoms with van der Waals surface area (Å²) in [7, 11) is 1.67. The van der Waals surface area contributed by atoms with Gasteiger partial charge in [0.05, 0.1) is 10.0 Å². The molecule has 1 heterocycles. The molecule has 4 nitrogen and oxygen atoms in total. The number of hydrogen-bond acceptors (Lipinski definition) is 2. The average Bonchev–Trinajstić information content (AvgIpc) is 2.26. The number of ether oxygens (including phenoxy) is 1. The van der Waals surface area contributed by atoms with E-state index in [1.807, 2.05) is 0 Å². The van der Waals surface area contributed by atoms with E-state index in [0.29, 0.717) is 22.5 Å². The molecule has 1 aromatic carbocycles. The fraction of sp³-hybridized carbons (Fsp3) is 0.300. The van der Waals surface area contributed by atoms with Gasteiger partial charge in [-0.3, -0.25) is 4.90 Å². The third-order valence-corrected chi connectivity index (χ3v) is 3.02. The van der Waals surface area contributed by atoms with Gasteiger partial charge in [0, 0.05) is 12.7 Å². The number of carbonyl (C=O) groups excluding carboxylic acids is 1. The Bertz CT molecular complexity index is 425. The average molecular weight is 261 g/mol. The van der Waals surface area contributed by atoms with Crippen molar-refractivity contribution in [2.75, 3.05) is 25.4 Å². The fourth-order valence-corrected chi connectivity index (χ4v) is 1.72. The third-order valence-electron chi connectivity index (χ3n) is 2.28. The summed E-state index contributed by atoms with van der Waals surface area (Å²) in [4.78, 5) is 14.8. The van der Waals surface area contributed by atoms with Crippen LogP contribution in [0.5, 0.6) is 0 Å². The van der Waals surface area contributed by atoms with Gasteiger partial charge in [-0.1, -0.05) is 23.2 Å². The van der Waals surface area contributed by atoms with Gasteiger partial charge in [0.2, 0.25) is 0 Å². The monoisotopic (exact) mass is 260 g/mol. The molecule has 1 fully saturated rings. The van der Waals surface area contributed by atoms with E-state index in [0.717, 1.165) is 0 Å². The molecule has 86 valence electrons. The molecule has 1 aliphatic rings. The lowest BCUT2D eigenvalue weighted by Crippen LogP contribution is -2.48. The molecular weight excluding hydrogens is 251 g/mol.